The van der Waals surface area contributed by atoms with Crippen LogP contribution in [-0.2, 0) is 0 Å². The summed E-state index contributed by atoms with van der Waals surface area (Å²) in [5, 5.41) is 1.05. The van der Waals surface area contributed by atoms with E-state index < -0.39 is 0 Å². The predicted molar refractivity (Wildman–Crippen MR) is 83.3 cm³/mol. The van der Waals surface area contributed by atoms with Crippen LogP contribution in [0, 0.1) is 5.82 Å². The topological polar surface area (TPSA) is 36.4 Å². The van der Waals surface area contributed by atoms with Crippen LogP contribution in [-0.4, -0.2) is 37.4 Å². The zero-order valence-electron chi connectivity index (χ0n) is 11.1. The Bertz CT molecular complexity index is 638. The lowest BCUT2D eigenvalue weighted by Crippen LogP contribution is -2.46. The zero-order chi connectivity index (χ0) is 14.8. The molecule has 0 unspecified atom stereocenters. The molecule has 0 atom stereocenters. The number of rotatable bonds is 3. The van der Waals surface area contributed by atoms with Gasteiger partial charge in [-0.25, -0.2) is 9.37 Å². The van der Waals surface area contributed by atoms with Crippen molar-refractivity contribution in [2.24, 2.45) is 0 Å². The molecule has 0 saturated carbocycles. The van der Waals surface area contributed by atoms with Crippen molar-refractivity contribution in [3.05, 3.63) is 40.1 Å². The molecule has 2 aromatic rings. The van der Waals surface area contributed by atoms with Crippen LogP contribution in [0.15, 0.2) is 24.3 Å². The van der Waals surface area contributed by atoms with Crippen molar-refractivity contribution in [3.63, 3.8) is 0 Å². The summed E-state index contributed by atoms with van der Waals surface area (Å²) in [6.45, 7) is 3.22. The summed E-state index contributed by atoms with van der Waals surface area (Å²) >= 11 is 7.21. The number of anilines is 2. The number of hydrogen-bond donors (Lipinski definition) is 0. The molecule has 4 nitrogen and oxygen atoms in total. The lowest BCUT2D eigenvalue weighted by Gasteiger charge is -2.35. The van der Waals surface area contributed by atoms with E-state index in [4.69, 9.17) is 11.6 Å². The first kappa shape index (κ1) is 14.3. The van der Waals surface area contributed by atoms with Crippen LogP contribution in [0.1, 0.15) is 9.67 Å². The number of aldehydes is 1. The summed E-state index contributed by atoms with van der Waals surface area (Å²) in [5.74, 6) is -0.226. The molecular formula is C14H13ClFN3OS. The summed E-state index contributed by atoms with van der Waals surface area (Å²) in [4.78, 5) is 19.8. The van der Waals surface area contributed by atoms with Crippen LogP contribution in [0.2, 0.25) is 5.15 Å². The standard InChI is InChI=1S/C14H13ClFN3OS/c15-13-12(9-20)21-14(17-13)19-7-5-18(6-8-19)11-3-1-10(16)2-4-11/h1-4,9H,5-8H2. The molecule has 0 spiro atoms. The van der Waals surface area contributed by atoms with E-state index in [1.807, 2.05) is 0 Å². The predicted octanol–water partition coefficient (Wildman–Crippen LogP) is 3.07. The van der Waals surface area contributed by atoms with Gasteiger partial charge in [0.2, 0.25) is 0 Å². The Labute approximate surface area is 130 Å². The average Bonchev–Trinajstić information content (AvgIpc) is 2.89. The molecule has 3 rings (SSSR count). The minimum atomic E-state index is -0.226. The average molecular weight is 326 g/mol. The minimum absolute atomic E-state index is 0.226. The summed E-state index contributed by atoms with van der Waals surface area (Å²) in [7, 11) is 0. The zero-order valence-corrected chi connectivity index (χ0v) is 12.7. The largest absolute Gasteiger partial charge is 0.368 e. The van der Waals surface area contributed by atoms with E-state index in [0.717, 1.165) is 43.3 Å². The van der Waals surface area contributed by atoms with Gasteiger partial charge < -0.3 is 9.80 Å². The number of hydrogen-bond acceptors (Lipinski definition) is 5. The molecule has 0 bridgehead atoms. The van der Waals surface area contributed by atoms with E-state index in [9.17, 15) is 9.18 Å². The molecule has 0 amide bonds. The van der Waals surface area contributed by atoms with Gasteiger partial charge in [0.15, 0.2) is 16.6 Å². The van der Waals surface area contributed by atoms with Crippen molar-refractivity contribution >= 4 is 40.0 Å². The molecule has 7 heteroatoms. The first-order valence-electron chi connectivity index (χ1n) is 6.54. The van der Waals surface area contributed by atoms with Gasteiger partial charge in [0, 0.05) is 31.9 Å². The monoisotopic (exact) mass is 325 g/mol. The number of carbonyl (C=O) groups is 1. The molecular weight excluding hydrogens is 313 g/mol. The van der Waals surface area contributed by atoms with Crippen molar-refractivity contribution in [1.82, 2.24) is 4.98 Å². The second-order valence-corrected chi connectivity index (χ2v) is 6.09. The van der Waals surface area contributed by atoms with E-state index >= 15 is 0 Å². The van der Waals surface area contributed by atoms with Crippen molar-refractivity contribution in [2.75, 3.05) is 36.0 Å². The Morgan fingerprint density at radius 1 is 1.14 bits per heavy atom. The molecule has 0 radical (unpaired) electrons. The third-order valence-electron chi connectivity index (χ3n) is 3.45. The van der Waals surface area contributed by atoms with E-state index in [0.29, 0.717) is 4.88 Å². The molecule has 1 fully saturated rings. The molecule has 1 aromatic heterocycles. The summed E-state index contributed by atoms with van der Waals surface area (Å²) in [5.41, 5.74) is 1.02. The van der Waals surface area contributed by atoms with Crippen molar-refractivity contribution in [1.29, 1.82) is 0 Å². The van der Waals surface area contributed by atoms with Crippen molar-refractivity contribution in [2.45, 2.75) is 0 Å². The van der Waals surface area contributed by atoms with Crippen LogP contribution in [0.4, 0.5) is 15.2 Å². The highest BCUT2D eigenvalue weighted by molar-refractivity contribution is 7.17. The third-order valence-corrected chi connectivity index (χ3v) is 4.89. The van der Waals surface area contributed by atoms with Gasteiger partial charge in [-0.05, 0) is 24.3 Å². The number of piperazine rings is 1. The summed E-state index contributed by atoms with van der Waals surface area (Å²) in [6.07, 6.45) is 0.734. The number of aromatic nitrogens is 1. The first-order valence-corrected chi connectivity index (χ1v) is 7.74. The van der Waals surface area contributed by atoms with Crippen LogP contribution in [0.3, 0.4) is 0 Å². The lowest BCUT2D eigenvalue weighted by molar-refractivity contribution is 0.112. The number of thiazole rings is 1. The van der Waals surface area contributed by atoms with Crippen LogP contribution in [0.25, 0.3) is 0 Å². The van der Waals surface area contributed by atoms with Gasteiger partial charge in [-0.15, -0.1) is 0 Å². The van der Waals surface area contributed by atoms with Crippen molar-refractivity contribution in [3.8, 4) is 0 Å². The fourth-order valence-corrected chi connectivity index (χ4v) is 3.43. The van der Waals surface area contributed by atoms with Gasteiger partial charge >= 0.3 is 0 Å². The van der Waals surface area contributed by atoms with E-state index in [1.165, 1.54) is 23.5 Å². The Hall–Kier alpha value is -1.66. The maximum absolute atomic E-state index is 12.9. The Morgan fingerprint density at radius 3 is 2.33 bits per heavy atom. The molecule has 1 aliphatic rings. The molecule has 1 saturated heterocycles. The van der Waals surface area contributed by atoms with Crippen LogP contribution in [0.5, 0.6) is 0 Å². The maximum Gasteiger partial charge on any atom is 0.187 e. The van der Waals surface area contributed by atoms with Crippen LogP contribution < -0.4 is 9.80 Å². The molecule has 0 N–H and O–H groups in total. The lowest BCUT2D eigenvalue weighted by atomic mass is 10.2. The van der Waals surface area contributed by atoms with E-state index in [1.54, 1.807) is 12.1 Å². The summed E-state index contributed by atoms with van der Waals surface area (Å²) in [6, 6.07) is 6.52. The Kier molecular flexibility index (Phi) is 4.07. The highest BCUT2D eigenvalue weighted by Crippen LogP contribution is 2.29. The van der Waals surface area contributed by atoms with E-state index in [2.05, 4.69) is 14.8 Å². The Balaban J connectivity index is 1.67. The second kappa shape index (κ2) is 5.99. The van der Waals surface area contributed by atoms with Crippen LogP contribution >= 0.6 is 22.9 Å². The molecule has 21 heavy (non-hydrogen) atoms. The number of carbonyl (C=O) groups excluding carboxylic acids is 1. The fraction of sp³-hybridized carbons (Fsp3) is 0.286. The van der Waals surface area contributed by atoms with Gasteiger partial charge in [-0.1, -0.05) is 22.9 Å². The van der Waals surface area contributed by atoms with Gasteiger partial charge in [-0.3, -0.25) is 4.79 Å². The quantitative estimate of drug-likeness (QED) is 0.813. The normalized spacial score (nSPS) is 15.3. The van der Waals surface area contributed by atoms with Gasteiger partial charge in [0.05, 0.1) is 0 Å². The van der Waals surface area contributed by atoms with Crippen molar-refractivity contribution < 1.29 is 9.18 Å². The first-order chi connectivity index (χ1) is 10.2. The number of halogens is 2. The highest BCUT2D eigenvalue weighted by atomic mass is 35.5. The van der Waals surface area contributed by atoms with Gasteiger partial charge in [-0.2, -0.15) is 0 Å². The Morgan fingerprint density at radius 2 is 1.76 bits per heavy atom. The van der Waals surface area contributed by atoms with Gasteiger partial charge in [0.1, 0.15) is 10.7 Å². The number of nitrogens with zero attached hydrogens (tertiary/aromatic N) is 3. The molecule has 0 aliphatic carbocycles. The molecule has 2 heterocycles. The molecule has 110 valence electrons. The molecule has 1 aliphatic heterocycles. The minimum Gasteiger partial charge on any atom is -0.368 e. The second-order valence-electron chi connectivity index (χ2n) is 4.72. The molecule has 1 aromatic carbocycles. The summed E-state index contributed by atoms with van der Waals surface area (Å²) < 4.78 is 12.9. The SMILES string of the molecule is O=Cc1sc(N2CCN(c3ccc(F)cc3)CC2)nc1Cl. The third kappa shape index (κ3) is 3.01. The van der Waals surface area contributed by atoms with E-state index in [-0.39, 0.29) is 11.0 Å². The highest BCUT2D eigenvalue weighted by Gasteiger charge is 2.21. The smallest absolute Gasteiger partial charge is 0.187 e. The fourth-order valence-electron chi connectivity index (χ4n) is 2.32. The van der Waals surface area contributed by atoms with Gasteiger partial charge in [0.25, 0.3) is 0 Å². The maximum atomic E-state index is 12.9. The number of benzene rings is 1.